The first-order valence-corrected chi connectivity index (χ1v) is 9.75. The highest BCUT2D eigenvalue weighted by Gasteiger charge is 2.27. The Balaban J connectivity index is 1.50. The highest BCUT2D eigenvalue weighted by atomic mass is 32.2. The zero-order valence-corrected chi connectivity index (χ0v) is 15.1. The van der Waals surface area contributed by atoms with Crippen molar-refractivity contribution in [3.05, 3.63) is 77.4 Å². The summed E-state index contributed by atoms with van der Waals surface area (Å²) in [5.41, 5.74) is 0.505. The van der Waals surface area contributed by atoms with E-state index in [-0.39, 0.29) is 5.92 Å². The molecule has 3 nitrogen and oxygen atoms in total. The molecule has 1 unspecified atom stereocenters. The molecule has 134 valence electrons. The van der Waals surface area contributed by atoms with Crippen LogP contribution < -0.4 is 0 Å². The van der Waals surface area contributed by atoms with Crippen molar-refractivity contribution < 1.29 is 8.78 Å². The lowest BCUT2D eigenvalue weighted by atomic mass is 9.91. The van der Waals surface area contributed by atoms with Crippen LogP contribution in [0.4, 0.5) is 8.78 Å². The lowest BCUT2D eigenvalue weighted by Gasteiger charge is -2.22. The maximum atomic E-state index is 14.2. The third-order valence-corrected chi connectivity index (χ3v) is 5.61. The van der Waals surface area contributed by atoms with Crippen molar-refractivity contribution in [2.45, 2.75) is 36.6 Å². The van der Waals surface area contributed by atoms with Gasteiger partial charge in [0.1, 0.15) is 17.5 Å². The molecule has 1 aliphatic heterocycles. The first-order valence-electron chi connectivity index (χ1n) is 8.77. The van der Waals surface area contributed by atoms with Gasteiger partial charge in [0.15, 0.2) is 5.82 Å². The Labute approximate surface area is 155 Å². The number of benzene rings is 2. The van der Waals surface area contributed by atoms with Crippen LogP contribution in [0.2, 0.25) is 0 Å². The maximum absolute atomic E-state index is 14.2. The molecule has 26 heavy (non-hydrogen) atoms. The summed E-state index contributed by atoms with van der Waals surface area (Å²) < 4.78 is 29.3. The summed E-state index contributed by atoms with van der Waals surface area (Å²) in [6, 6.07) is 14.0. The van der Waals surface area contributed by atoms with Crippen LogP contribution in [-0.4, -0.2) is 20.5 Å². The van der Waals surface area contributed by atoms with Crippen LogP contribution in [0.15, 0.2) is 53.4 Å². The van der Waals surface area contributed by atoms with E-state index >= 15 is 0 Å². The van der Waals surface area contributed by atoms with Gasteiger partial charge >= 0.3 is 0 Å². The second-order valence-corrected chi connectivity index (χ2v) is 7.55. The number of aromatic nitrogens is 3. The number of hydrogen-bond donors (Lipinski definition) is 0. The summed E-state index contributed by atoms with van der Waals surface area (Å²) in [6.45, 7) is 0.799. The topological polar surface area (TPSA) is 30.7 Å². The van der Waals surface area contributed by atoms with E-state index in [0.29, 0.717) is 5.56 Å². The molecule has 0 fully saturated rings. The van der Waals surface area contributed by atoms with Gasteiger partial charge in [0.25, 0.3) is 0 Å². The largest absolute Gasteiger partial charge is 0.249 e. The highest BCUT2D eigenvalue weighted by molar-refractivity contribution is 7.99. The van der Waals surface area contributed by atoms with E-state index in [1.807, 2.05) is 22.9 Å². The standard InChI is InChI=1S/C20H19F2N3S/c21-14-8-9-16(18(22)13-14)17-7-4-11-25-20(17)23-19(24-25)10-12-26-15-5-2-1-3-6-15/h1-3,5-6,8-9,13,17H,4,7,10-12H2. The quantitative estimate of drug-likeness (QED) is 0.603. The first-order chi connectivity index (χ1) is 12.7. The molecule has 0 saturated carbocycles. The van der Waals surface area contributed by atoms with Crippen LogP contribution in [0.3, 0.4) is 0 Å². The molecule has 1 atom stereocenters. The van der Waals surface area contributed by atoms with E-state index < -0.39 is 11.6 Å². The molecule has 2 heterocycles. The van der Waals surface area contributed by atoms with Gasteiger partial charge in [-0.25, -0.2) is 18.4 Å². The Hall–Kier alpha value is -2.21. The van der Waals surface area contributed by atoms with Crippen LogP contribution in [0.5, 0.6) is 0 Å². The Morgan fingerprint density at radius 1 is 1.12 bits per heavy atom. The fourth-order valence-corrected chi connectivity index (χ4v) is 4.23. The zero-order valence-electron chi connectivity index (χ0n) is 14.2. The number of rotatable bonds is 5. The Kier molecular flexibility index (Phi) is 5.02. The van der Waals surface area contributed by atoms with Gasteiger partial charge in [-0.05, 0) is 36.6 Å². The van der Waals surface area contributed by atoms with Crippen molar-refractivity contribution in [2.75, 3.05) is 5.75 Å². The van der Waals surface area contributed by atoms with Gasteiger partial charge in [-0.1, -0.05) is 24.3 Å². The van der Waals surface area contributed by atoms with Crippen LogP contribution in [0, 0.1) is 11.6 Å². The highest BCUT2D eigenvalue weighted by Crippen LogP contribution is 2.33. The SMILES string of the molecule is Fc1ccc(C2CCCn3nc(CCSc4ccccc4)nc32)c(F)c1. The molecule has 4 rings (SSSR count). The number of thioether (sulfide) groups is 1. The summed E-state index contributed by atoms with van der Waals surface area (Å²) >= 11 is 1.77. The molecule has 0 spiro atoms. The first kappa shape index (κ1) is 17.2. The lowest BCUT2D eigenvalue weighted by Crippen LogP contribution is -2.18. The number of nitrogens with zero attached hydrogens (tertiary/aromatic N) is 3. The minimum absolute atomic E-state index is 0.160. The van der Waals surface area contributed by atoms with Crippen molar-refractivity contribution in [3.8, 4) is 0 Å². The van der Waals surface area contributed by atoms with Crippen LogP contribution in [0.1, 0.15) is 36.0 Å². The molecule has 0 radical (unpaired) electrons. The molecule has 2 aromatic carbocycles. The van der Waals surface area contributed by atoms with E-state index in [0.717, 1.165) is 49.3 Å². The van der Waals surface area contributed by atoms with Gasteiger partial charge in [0.05, 0.1) is 0 Å². The van der Waals surface area contributed by atoms with E-state index in [2.05, 4.69) is 22.2 Å². The number of aryl methyl sites for hydroxylation is 2. The third-order valence-electron chi connectivity index (χ3n) is 4.59. The number of fused-ring (bicyclic) bond motifs is 1. The molecule has 1 aromatic heterocycles. The van der Waals surface area contributed by atoms with E-state index in [1.165, 1.54) is 17.0 Å². The van der Waals surface area contributed by atoms with E-state index in [4.69, 9.17) is 0 Å². The van der Waals surface area contributed by atoms with Crippen LogP contribution in [-0.2, 0) is 13.0 Å². The molecule has 0 saturated heterocycles. The second-order valence-electron chi connectivity index (χ2n) is 6.38. The average molecular weight is 371 g/mol. The van der Waals surface area contributed by atoms with Gasteiger partial charge in [0, 0.05) is 35.6 Å². The van der Waals surface area contributed by atoms with Crippen molar-refractivity contribution in [1.82, 2.24) is 14.8 Å². The van der Waals surface area contributed by atoms with Crippen LogP contribution in [0.25, 0.3) is 0 Å². The summed E-state index contributed by atoms with van der Waals surface area (Å²) in [5, 5.41) is 4.60. The summed E-state index contributed by atoms with van der Waals surface area (Å²) in [6.07, 6.45) is 2.48. The van der Waals surface area contributed by atoms with Crippen LogP contribution >= 0.6 is 11.8 Å². The normalized spacial score (nSPS) is 16.5. The van der Waals surface area contributed by atoms with Gasteiger partial charge in [-0.15, -0.1) is 11.8 Å². The fraction of sp³-hybridized carbons (Fsp3) is 0.300. The summed E-state index contributed by atoms with van der Waals surface area (Å²) in [7, 11) is 0. The van der Waals surface area contributed by atoms with Crippen molar-refractivity contribution >= 4 is 11.8 Å². The monoisotopic (exact) mass is 371 g/mol. The van der Waals surface area contributed by atoms with E-state index in [9.17, 15) is 8.78 Å². The molecule has 0 aliphatic carbocycles. The van der Waals surface area contributed by atoms with Gasteiger partial charge in [-0.3, -0.25) is 0 Å². The Bertz CT molecular complexity index is 895. The second kappa shape index (κ2) is 7.58. The number of hydrogen-bond acceptors (Lipinski definition) is 3. The summed E-state index contributed by atoms with van der Waals surface area (Å²) in [4.78, 5) is 5.91. The molecular formula is C20H19F2N3S. The predicted octanol–water partition coefficient (Wildman–Crippen LogP) is 4.82. The molecule has 0 amide bonds. The average Bonchev–Trinajstić information content (AvgIpc) is 3.06. The molecule has 1 aliphatic rings. The molecule has 6 heteroatoms. The van der Waals surface area contributed by atoms with E-state index in [1.54, 1.807) is 11.8 Å². The smallest absolute Gasteiger partial charge is 0.151 e. The van der Waals surface area contributed by atoms with Gasteiger partial charge in [0.2, 0.25) is 0 Å². The summed E-state index contributed by atoms with van der Waals surface area (Å²) in [5.74, 6) is 1.25. The van der Waals surface area contributed by atoms with Gasteiger partial charge in [-0.2, -0.15) is 5.10 Å². The van der Waals surface area contributed by atoms with Gasteiger partial charge < -0.3 is 0 Å². The maximum Gasteiger partial charge on any atom is 0.151 e. The molecular weight excluding hydrogens is 352 g/mol. The van der Waals surface area contributed by atoms with Crippen molar-refractivity contribution in [3.63, 3.8) is 0 Å². The zero-order chi connectivity index (χ0) is 17.9. The molecule has 3 aromatic rings. The van der Waals surface area contributed by atoms with Crippen molar-refractivity contribution in [1.29, 1.82) is 0 Å². The number of halogens is 2. The predicted molar refractivity (Wildman–Crippen MR) is 98.3 cm³/mol. The third kappa shape index (κ3) is 3.65. The fourth-order valence-electron chi connectivity index (χ4n) is 3.36. The van der Waals surface area contributed by atoms with Crippen molar-refractivity contribution in [2.24, 2.45) is 0 Å². The minimum atomic E-state index is -0.554. The Morgan fingerprint density at radius 3 is 2.77 bits per heavy atom. The molecule has 0 N–H and O–H groups in total. The minimum Gasteiger partial charge on any atom is -0.249 e. The lowest BCUT2D eigenvalue weighted by molar-refractivity contribution is 0.434. The Morgan fingerprint density at radius 2 is 1.96 bits per heavy atom. The molecule has 0 bridgehead atoms.